The van der Waals surface area contributed by atoms with Crippen molar-refractivity contribution in [3.63, 3.8) is 0 Å². The number of ether oxygens (including phenoxy) is 1. The minimum absolute atomic E-state index is 0.0122. The molecule has 1 atom stereocenters. The lowest BCUT2D eigenvalue weighted by Crippen LogP contribution is -2.50. The van der Waals surface area contributed by atoms with E-state index in [0.29, 0.717) is 38.5 Å². The Kier molecular flexibility index (Phi) is 6.32. The number of carbonyl (C=O) groups is 2. The molecule has 2 amide bonds. The largest absolute Gasteiger partial charge is 0.492 e. The highest BCUT2D eigenvalue weighted by atomic mass is 35.5. The molecule has 31 heavy (non-hydrogen) atoms. The van der Waals surface area contributed by atoms with Gasteiger partial charge in [0.1, 0.15) is 11.6 Å². The monoisotopic (exact) mass is 445 g/mol. The van der Waals surface area contributed by atoms with Gasteiger partial charge in [-0.15, -0.1) is 0 Å². The predicted molar refractivity (Wildman–Crippen MR) is 118 cm³/mol. The van der Waals surface area contributed by atoms with Crippen molar-refractivity contribution in [3.8, 4) is 5.75 Å². The molecular weight excluding hydrogens is 421 g/mol. The van der Waals surface area contributed by atoms with E-state index in [1.165, 1.54) is 23.1 Å². The Morgan fingerprint density at radius 2 is 1.90 bits per heavy atom. The van der Waals surface area contributed by atoms with Crippen LogP contribution in [0.5, 0.6) is 5.75 Å². The van der Waals surface area contributed by atoms with Crippen LogP contribution in [0, 0.1) is 11.7 Å². The number of benzene rings is 2. The molecule has 2 fully saturated rings. The number of anilines is 2. The van der Waals surface area contributed by atoms with E-state index in [0.717, 1.165) is 11.4 Å². The third-order valence-electron chi connectivity index (χ3n) is 5.79. The molecule has 2 aromatic carbocycles. The van der Waals surface area contributed by atoms with E-state index in [2.05, 4.69) is 4.90 Å². The van der Waals surface area contributed by atoms with Gasteiger partial charge in [-0.25, -0.2) is 4.39 Å². The molecule has 164 valence electrons. The fourth-order valence-electron chi connectivity index (χ4n) is 4.20. The van der Waals surface area contributed by atoms with Gasteiger partial charge in [0.2, 0.25) is 11.8 Å². The zero-order valence-electron chi connectivity index (χ0n) is 17.4. The summed E-state index contributed by atoms with van der Waals surface area (Å²) in [6.45, 7) is 5.42. The zero-order chi connectivity index (χ0) is 22.0. The number of carbonyl (C=O) groups excluding carboxylic acids is 2. The maximum Gasteiger partial charge on any atom is 0.228 e. The average molecular weight is 446 g/mol. The lowest BCUT2D eigenvalue weighted by molar-refractivity contribution is -0.136. The molecule has 2 heterocycles. The minimum Gasteiger partial charge on any atom is -0.492 e. The van der Waals surface area contributed by atoms with Crippen molar-refractivity contribution in [3.05, 3.63) is 53.3 Å². The van der Waals surface area contributed by atoms with Crippen molar-refractivity contribution in [2.75, 3.05) is 49.1 Å². The first-order chi connectivity index (χ1) is 15.0. The molecule has 2 aliphatic heterocycles. The van der Waals surface area contributed by atoms with E-state index >= 15 is 0 Å². The molecule has 6 nitrogen and oxygen atoms in total. The van der Waals surface area contributed by atoms with E-state index < -0.39 is 11.7 Å². The van der Waals surface area contributed by atoms with Gasteiger partial charge in [0.15, 0.2) is 0 Å². The molecule has 1 unspecified atom stereocenters. The summed E-state index contributed by atoms with van der Waals surface area (Å²) in [5.74, 6) is -0.251. The Morgan fingerprint density at radius 3 is 2.61 bits per heavy atom. The number of para-hydroxylation sites is 2. The van der Waals surface area contributed by atoms with Crippen LogP contribution in [-0.4, -0.2) is 56.0 Å². The highest BCUT2D eigenvalue weighted by molar-refractivity contribution is 6.31. The molecule has 2 saturated heterocycles. The third kappa shape index (κ3) is 4.46. The Bertz CT molecular complexity index is 978. The number of rotatable bonds is 5. The summed E-state index contributed by atoms with van der Waals surface area (Å²) in [5, 5.41) is -0.0384. The second-order valence-corrected chi connectivity index (χ2v) is 8.12. The quantitative estimate of drug-likeness (QED) is 0.706. The fraction of sp³-hybridized carbons (Fsp3) is 0.391. The zero-order valence-corrected chi connectivity index (χ0v) is 18.1. The van der Waals surface area contributed by atoms with Crippen LogP contribution in [0.2, 0.25) is 5.02 Å². The first kappa shape index (κ1) is 21.4. The van der Waals surface area contributed by atoms with Gasteiger partial charge >= 0.3 is 0 Å². The summed E-state index contributed by atoms with van der Waals surface area (Å²) in [4.78, 5) is 31.1. The number of hydrogen-bond acceptors (Lipinski definition) is 4. The molecule has 0 saturated carbocycles. The smallest absolute Gasteiger partial charge is 0.228 e. The van der Waals surface area contributed by atoms with Crippen molar-refractivity contribution < 1.29 is 18.7 Å². The molecule has 0 aliphatic carbocycles. The third-order valence-corrected chi connectivity index (χ3v) is 6.08. The van der Waals surface area contributed by atoms with Crippen LogP contribution < -0.4 is 14.5 Å². The van der Waals surface area contributed by atoms with Gasteiger partial charge in [0.05, 0.1) is 23.2 Å². The maximum atomic E-state index is 13.4. The Balaban J connectivity index is 1.38. The van der Waals surface area contributed by atoms with Gasteiger partial charge in [-0.3, -0.25) is 9.59 Å². The number of piperazine rings is 1. The first-order valence-corrected chi connectivity index (χ1v) is 10.9. The SMILES string of the molecule is CCOc1ccccc1N1CCN(C(=O)C2CC(=O)N(c3ccc(F)c(Cl)c3)C2)CC1. The molecule has 0 bridgehead atoms. The molecule has 8 heteroatoms. The molecule has 2 aliphatic rings. The molecule has 4 rings (SSSR count). The van der Waals surface area contributed by atoms with Crippen LogP contribution in [0.1, 0.15) is 13.3 Å². The number of halogens is 2. The highest BCUT2D eigenvalue weighted by Gasteiger charge is 2.38. The van der Waals surface area contributed by atoms with Gasteiger partial charge in [0.25, 0.3) is 0 Å². The lowest BCUT2D eigenvalue weighted by Gasteiger charge is -2.37. The van der Waals surface area contributed by atoms with Crippen molar-refractivity contribution in [2.24, 2.45) is 5.92 Å². The number of hydrogen-bond donors (Lipinski definition) is 0. The Morgan fingerprint density at radius 1 is 1.16 bits per heavy atom. The molecule has 0 aromatic heterocycles. The van der Waals surface area contributed by atoms with Gasteiger partial charge < -0.3 is 19.4 Å². The second-order valence-electron chi connectivity index (χ2n) is 7.72. The van der Waals surface area contributed by atoms with E-state index in [1.54, 1.807) is 0 Å². The molecule has 0 N–H and O–H groups in total. The molecular formula is C23H25ClFN3O3. The van der Waals surface area contributed by atoms with Gasteiger partial charge in [-0.2, -0.15) is 0 Å². The van der Waals surface area contributed by atoms with Crippen molar-refractivity contribution in [1.29, 1.82) is 0 Å². The predicted octanol–water partition coefficient (Wildman–Crippen LogP) is 3.58. The minimum atomic E-state index is -0.534. The normalized spacial score (nSPS) is 19.1. The number of nitrogens with zero attached hydrogens (tertiary/aromatic N) is 3. The van der Waals surface area contributed by atoms with Crippen LogP contribution in [0.3, 0.4) is 0 Å². The first-order valence-electron chi connectivity index (χ1n) is 10.5. The topological polar surface area (TPSA) is 53.1 Å². The average Bonchev–Trinajstić information content (AvgIpc) is 3.17. The van der Waals surface area contributed by atoms with Crippen molar-refractivity contribution in [1.82, 2.24) is 4.90 Å². The Labute approximate surface area is 186 Å². The summed E-state index contributed by atoms with van der Waals surface area (Å²) in [6, 6.07) is 12.1. The fourth-order valence-corrected chi connectivity index (χ4v) is 4.37. The molecule has 0 radical (unpaired) electrons. The lowest BCUT2D eigenvalue weighted by atomic mass is 10.1. The van der Waals surface area contributed by atoms with Crippen molar-refractivity contribution in [2.45, 2.75) is 13.3 Å². The van der Waals surface area contributed by atoms with Crippen LogP contribution in [0.4, 0.5) is 15.8 Å². The van der Waals surface area contributed by atoms with E-state index in [4.69, 9.17) is 16.3 Å². The highest BCUT2D eigenvalue weighted by Crippen LogP contribution is 2.31. The van der Waals surface area contributed by atoms with Crippen LogP contribution >= 0.6 is 11.6 Å². The summed E-state index contributed by atoms with van der Waals surface area (Å²) < 4.78 is 19.2. The van der Waals surface area contributed by atoms with E-state index in [1.807, 2.05) is 36.1 Å². The van der Waals surface area contributed by atoms with Crippen molar-refractivity contribution >= 4 is 34.8 Å². The summed E-state index contributed by atoms with van der Waals surface area (Å²) >= 11 is 5.85. The van der Waals surface area contributed by atoms with Crippen LogP contribution in [0.15, 0.2) is 42.5 Å². The molecule has 0 spiro atoms. The summed E-state index contributed by atoms with van der Waals surface area (Å²) in [7, 11) is 0. The second kappa shape index (κ2) is 9.14. The summed E-state index contributed by atoms with van der Waals surface area (Å²) in [5.41, 5.74) is 1.55. The van der Waals surface area contributed by atoms with Crippen LogP contribution in [-0.2, 0) is 9.59 Å². The molecule has 2 aromatic rings. The maximum absolute atomic E-state index is 13.4. The van der Waals surface area contributed by atoms with Crippen LogP contribution in [0.25, 0.3) is 0 Å². The van der Waals surface area contributed by atoms with Gasteiger partial charge in [-0.1, -0.05) is 23.7 Å². The Hall–Kier alpha value is -2.80. The van der Waals surface area contributed by atoms with E-state index in [9.17, 15) is 14.0 Å². The number of amides is 2. The summed E-state index contributed by atoms with van der Waals surface area (Å²) in [6.07, 6.45) is 0.154. The van der Waals surface area contributed by atoms with Gasteiger partial charge in [-0.05, 0) is 37.3 Å². The van der Waals surface area contributed by atoms with E-state index in [-0.39, 0.29) is 29.8 Å². The standard InChI is InChI=1S/C23H25ClFN3O3/c1-2-31-21-6-4-3-5-20(21)26-9-11-27(12-10-26)23(30)16-13-22(29)28(15-16)17-7-8-19(25)18(24)14-17/h3-8,14,16H,2,9-13,15H2,1H3. The van der Waals surface area contributed by atoms with Gasteiger partial charge in [0, 0.05) is 44.8 Å².